The molecule has 0 saturated carbocycles. The van der Waals surface area contributed by atoms with Crippen molar-refractivity contribution in [1.82, 2.24) is 4.98 Å². The van der Waals surface area contributed by atoms with Gasteiger partial charge in [-0.3, -0.25) is 9.59 Å². The first-order valence-electron chi connectivity index (χ1n) is 11.1. The third-order valence-corrected chi connectivity index (χ3v) is 8.08. The molecule has 5 atom stereocenters. The van der Waals surface area contributed by atoms with Crippen molar-refractivity contribution in [3.8, 4) is 17.2 Å². The van der Waals surface area contributed by atoms with E-state index in [0.717, 1.165) is 10.2 Å². The minimum Gasteiger partial charge on any atom is -0.493 e. The summed E-state index contributed by atoms with van der Waals surface area (Å²) in [5.41, 5.74) is 2.14. The van der Waals surface area contributed by atoms with E-state index in [-0.39, 0.29) is 25.2 Å². The molecule has 5 heterocycles. The maximum Gasteiger partial charge on any atom is 0.240 e. The predicted molar refractivity (Wildman–Crippen MR) is 120 cm³/mol. The van der Waals surface area contributed by atoms with Gasteiger partial charge in [0.15, 0.2) is 11.5 Å². The van der Waals surface area contributed by atoms with Gasteiger partial charge in [-0.05, 0) is 30.3 Å². The zero-order valence-electron chi connectivity index (χ0n) is 17.9. The van der Waals surface area contributed by atoms with Crippen LogP contribution in [0, 0.1) is 11.8 Å². The van der Waals surface area contributed by atoms with Gasteiger partial charge in [-0.1, -0.05) is 0 Å². The molecule has 174 valence electrons. The lowest BCUT2D eigenvalue weighted by Gasteiger charge is -2.32. The molecule has 0 aliphatic carbocycles. The van der Waals surface area contributed by atoms with E-state index >= 15 is 0 Å². The summed E-state index contributed by atoms with van der Waals surface area (Å²) in [4.78, 5) is 32.5. The molecular formula is C24H20N2O7S. The number of ether oxygens (including phenoxy) is 4. The van der Waals surface area contributed by atoms with Crippen molar-refractivity contribution in [1.29, 1.82) is 0 Å². The highest BCUT2D eigenvalue weighted by atomic mass is 32.1. The molecule has 3 aromatic rings. The average molecular weight is 480 g/mol. The Morgan fingerprint density at radius 1 is 1.15 bits per heavy atom. The summed E-state index contributed by atoms with van der Waals surface area (Å²) in [7, 11) is 0. The molecule has 0 spiro atoms. The van der Waals surface area contributed by atoms with Crippen LogP contribution in [0.15, 0.2) is 41.9 Å². The van der Waals surface area contributed by atoms with E-state index in [0.29, 0.717) is 35.8 Å². The zero-order valence-corrected chi connectivity index (χ0v) is 18.7. The van der Waals surface area contributed by atoms with Crippen LogP contribution < -0.4 is 19.1 Å². The summed E-state index contributed by atoms with van der Waals surface area (Å²) in [5, 5.41) is 10.6. The lowest BCUT2D eigenvalue weighted by Crippen LogP contribution is -2.45. The van der Waals surface area contributed by atoms with Crippen LogP contribution in [0.5, 0.6) is 17.2 Å². The predicted octanol–water partition coefficient (Wildman–Crippen LogP) is 2.50. The number of amides is 2. The number of imide groups is 1. The topological polar surface area (TPSA) is 107 Å². The molecule has 2 amide bonds. The van der Waals surface area contributed by atoms with Gasteiger partial charge in [0.1, 0.15) is 5.75 Å². The zero-order chi connectivity index (χ0) is 23.0. The fourth-order valence-electron chi connectivity index (χ4n) is 5.82. The smallest absolute Gasteiger partial charge is 0.240 e. The number of aromatic nitrogens is 1. The molecule has 1 aromatic heterocycles. The van der Waals surface area contributed by atoms with E-state index in [2.05, 4.69) is 4.98 Å². The number of anilines is 1. The second kappa shape index (κ2) is 7.14. The van der Waals surface area contributed by atoms with Crippen molar-refractivity contribution in [2.24, 2.45) is 11.8 Å². The molecule has 10 heteroatoms. The fraction of sp³-hybridized carbons (Fsp3) is 0.375. The SMILES string of the molecule is O=C1[C@H]2[C@H]3O[C@](CCOc4ccc5c(c4)OCO5)(C[C@@H]3O)[C@H]2C(=O)N1c1ccc2ncsc2c1. The van der Waals surface area contributed by atoms with Crippen LogP contribution in [0.4, 0.5) is 5.69 Å². The highest BCUT2D eigenvalue weighted by Crippen LogP contribution is 2.57. The molecule has 4 aliphatic rings. The van der Waals surface area contributed by atoms with Crippen LogP contribution in [0.25, 0.3) is 10.2 Å². The van der Waals surface area contributed by atoms with Gasteiger partial charge in [0.2, 0.25) is 18.6 Å². The van der Waals surface area contributed by atoms with Gasteiger partial charge in [-0.2, -0.15) is 0 Å². The highest BCUT2D eigenvalue weighted by molar-refractivity contribution is 7.16. The Morgan fingerprint density at radius 3 is 2.94 bits per heavy atom. The van der Waals surface area contributed by atoms with Crippen molar-refractivity contribution in [3.63, 3.8) is 0 Å². The average Bonchev–Trinajstić information content (AvgIpc) is 3.62. The number of aliphatic hydroxyl groups excluding tert-OH is 1. The summed E-state index contributed by atoms with van der Waals surface area (Å²) in [6.45, 7) is 0.442. The van der Waals surface area contributed by atoms with Crippen molar-refractivity contribution in [2.45, 2.75) is 30.7 Å². The number of aliphatic hydroxyl groups is 1. The van der Waals surface area contributed by atoms with Gasteiger partial charge in [0, 0.05) is 18.9 Å². The van der Waals surface area contributed by atoms with Crippen LogP contribution in [0.1, 0.15) is 12.8 Å². The lowest BCUT2D eigenvalue weighted by atomic mass is 9.70. The third kappa shape index (κ3) is 2.76. The Labute approximate surface area is 197 Å². The van der Waals surface area contributed by atoms with Gasteiger partial charge in [0.05, 0.1) is 57.7 Å². The van der Waals surface area contributed by atoms with Gasteiger partial charge in [0.25, 0.3) is 0 Å². The number of carbonyl (C=O) groups is 2. The van der Waals surface area contributed by atoms with Crippen LogP contribution in [-0.4, -0.2) is 53.1 Å². The third-order valence-electron chi connectivity index (χ3n) is 7.29. The van der Waals surface area contributed by atoms with Crippen LogP contribution in [0.3, 0.4) is 0 Å². The molecule has 2 bridgehead atoms. The molecule has 1 N–H and O–H groups in total. The molecular weight excluding hydrogens is 460 g/mol. The van der Waals surface area contributed by atoms with E-state index in [9.17, 15) is 14.7 Å². The molecule has 7 rings (SSSR count). The van der Waals surface area contributed by atoms with Crippen molar-refractivity contribution in [2.75, 3.05) is 18.3 Å². The fourth-order valence-corrected chi connectivity index (χ4v) is 6.53. The number of benzene rings is 2. The van der Waals surface area contributed by atoms with E-state index in [1.54, 1.807) is 29.8 Å². The lowest BCUT2D eigenvalue weighted by molar-refractivity contribution is -0.128. The Bertz CT molecular complexity index is 1340. The first-order valence-corrected chi connectivity index (χ1v) is 12.0. The second-order valence-electron chi connectivity index (χ2n) is 9.05. The molecule has 34 heavy (non-hydrogen) atoms. The maximum atomic E-state index is 13.6. The van der Waals surface area contributed by atoms with Gasteiger partial charge in [-0.15, -0.1) is 11.3 Å². The standard InChI is InChI=1S/C24H20N2O7S/c27-15-9-24(5-6-30-13-2-4-16-17(8-13)32-11-31-16)20-19(21(15)33-24)22(28)26(23(20)29)12-1-3-14-18(7-12)34-10-25-14/h1-4,7-8,10,15,19-21,27H,5-6,9,11H2/t15-,19+,20+,21-,24+/m0/s1. The molecule has 3 fully saturated rings. The Kier molecular flexibility index (Phi) is 4.24. The van der Waals surface area contributed by atoms with Crippen LogP contribution in [0.2, 0.25) is 0 Å². The minimum atomic E-state index is -0.943. The normalized spacial score (nSPS) is 31.0. The minimum absolute atomic E-state index is 0.181. The summed E-state index contributed by atoms with van der Waals surface area (Å²) < 4.78 is 23.7. The van der Waals surface area contributed by atoms with E-state index in [1.165, 1.54) is 16.2 Å². The van der Waals surface area contributed by atoms with Crippen molar-refractivity contribution in [3.05, 3.63) is 41.9 Å². The molecule has 0 unspecified atom stereocenters. The first-order chi connectivity index (χ1) is 16.5. The number of carbonyl (C=O) groups excluding carboxylic acids is 2. The number of nitrogens with zero attached hydrogens (tertiary/aromatic N) is 2. The summed E-state index contributed by atoms with van der Waals surface area (Å²) >= 11 is 1.46. The summed E-state index contributed by atoms with van der Waals surface area (Å²) in [6.07, 6.45) is -0.822. The number of hydrogen-bond acceptors (Lipinski definition) is 9. The number of hydrogen-bond donors (Lipinski definition) is 1. The molecule has 3 saturated heterocycles. The molecule has 0 radical (unpaired) electrons. The van der Waals surface area contributed by atoms with E-state index in [1.807, 2.05) is 12.1 Å². The van der Waals surface area contributed by atoms with Gasteiger partial charge in [-0.25, -0.2) is 9.88 Å². The quantitative estimate of drug-likeness (QED) is 0.555. The molecule has 9 nitrogen and oxygen atoms in total. The summed E-state index contributed by atoms with van der Waals surface area (Å²) in [5.74, 6) is -0.0448. The maximum absolute atomic E-state index is 13.6. The summed E-state index contributed by atoms with van der Waals surface area (Å²) in [6, 6.07) is 10.7. The van der Waals surface area contributed by atoms with E-state index in [4.69, 9.17) is 18.9 Å². The van der Waals surface area contributed by atoms with Gasteiger partial charge < -0.3 is 24.1 Å². The van der Waals surface area contributed by atoms with Gasteiger partial charge >= 0.3 is 0 Å². The Hall–Kier alpha value is -3.21. The molecule has 4 aliphatic heterocycles. The van der Waals surface area contributed by atoms with Crippen molar-refractivity contribution < 1.29 is 33.6 Å². The van der Waals surface area contributed by atoms with Crippen LogP contribution in [-0.2, 0) is 14.3 Å². The van der Waals surface area contributed by atoms with Crippen LogP contribution >= 0.6 is 11.3 Å². The monoisotopic (exact) mass is 480 g/mol. The largest absolute Gasteiger partial charge is 0.493 e. The number of rotatable bonds is 5. The number of fused-ring (bicyclic) bond motifs is 7. The second-order valence-corrected chi connectivity index (χ2v) is 9.94. The van der Waals surface area contributed by atoms with E-state index < -0.39 is 29.6 Å². The first kappa shape index (κ1) is 20.2. The Balaban J connectivity index is 1.14. The van der Waals surface area contributed by atoms with Crippen molar-refractivity contribution >= 4 is 39.1 Å². The Morgan fingerprint density at radius 2 is 2.03 bits per heavy atom. The molecule has 2 aromatic carbocycles. The highest BCUT2D eigenvalue weighted by Gasteiger charge is 2.72. The number of thiazole rings is 1.